The van der Waals surface area contributed by atoms with Gasteiger partial charge < -0.3 is 9.32 Å². The van der Waals surface area contributed by atoms with Crippen LogP contribution >= 0.6 is 0 Å². The molecule has 0 aliphatic carbocycles. The molecule has 0 bridgehead atoms. The zero-order chi connectivity index (χ0) is 16.9. The van der Waals surface area contributed by atoms with Gasteiger partial charge in [0.1, 0.15) is 24.2 Å². The monoisotopic (exact) mass is 327 g/mol. The number of aryl methyl sites for hydroxylation is 1. The lowest BCUT2D eigenvalue weighted by atomic mass is 10.1. The molecular weight excluding hydrogens is 306 g/mol. The number of amides is 1. The number of hydrogen-bond acceptors (Lipinski definition) is 5. The minimum Gasteiger partial charge on any atom is -0.461 e. The molecule has 0 N–H and O–H groups in total. The lowest BCUT2D eigenvalue weighted by Crippen LogP contribution is -2.30. The number of para-hydroxylation sites is 1. The first-order chi connectivity index (χ1) is 11.7. The van der Waals surface area contributed by atoms with Gasteiger partial charge in [0, 0.05) is 31.0 Å². The maximum absolute atomic E-state index is 12.4. The van der Waals surface area contributed by atoms with Gasteiger partial charge in [0.2, 0.25) is 5.91 Å². The summed E-state index contributed by atoms with van der Waals surface area (Å²) in [6.45, 7) is 2.80. The number of likely N-dealkylation sites (N-methyl/N-ethyl adjacent to an activating group) is 1. The minimum absolute atomic E-state index is 0.0472. The van der Waals surface area contributed by atoms with Crippen LogP contribution in [0.15, 0.2) is 35.0 Å². The van der Waals surface area contributed by atoms with Crippen LogP contribution in [0, 0.1) is 0 Å². The van der Waals surface area contributed by atoms with Crippen molar-refractivity contribution in [1.82, 2.24) is 25.1 Å². The number of unbranched alkanes of at least 4 members (excludes halogenated alkanes) is 1. The van der Waals surface area contributed by atoms with Gasteiger partial charge in [-0.3, -0.25) is 4.79 Å². The van der Waals surface area contributed by atoms with Crippen LogP contribution in [0.1, 0.15) is 31.1 Å². The molecule has 0 aliphatic rings. The molecule has 1 aromatic carbocycles. The Bertz CT molecular complexity index is 810. The van der Waals surface area contributed by atoms with Crippen LogP contribution in [0.25, 0.3) is 11.0 Å². The normalized spacial score (nSPS) is 11.1. The molecule has 3 rings (SSSR count). The summed E-state index contributed by atoms with van der Waals surface area (Å²) in [4.78, 5) is 14.1. The first-order valence-corrected chi connectivity index (χ1v) is 8.13. The first kappa shape index (κ1) is 16.2. The molecule has 0 aliphatic heterocycles. The second-order valence-electron chi connectivity index (χ2n) is 5.86. The van der Waals surface area contributed by atoms with Gasteiger partial charge in [-0.1, -0.05) is 31.5 Å². The Hall–Kier alpha value is -2.70. The zero-order valence-corrected chi connectivity index (χ0v) is 14.0. The molecule has 7 heteroatoms. The van der Waals surface area contributed by atoms with E-state index < -0.39 is 0 Å². The van der Waals surface area contributed by atoms with E-state index in [0.29, 0.717) is 6.54 Å². The maximum Gasteiger partial charge on any atom is 0.244 e. The fraction of sp³-hybridized carbons (Fsp3) is 0.412. The number of nitrogens with zero attached hydrogens (tertiary/aromatic N) is 5. The highest BCUT2D eigenvalue weighted by molar-refractivity contribution is 5.83. The van der Waals surface area contributed by atoms with Crippen LogP contribution in [0.5, 0.6) is 0 Å². The van der Waals surface area contributed by atoms with E-state index in [4.69, 9.17) is 4.42 Å². The molecule has 3 aromatic rings. The van der Waals surface area contributed by atoms with Crippen molar-refractivity contribution < 1.29 is 9.21 Å². The number of aromatic nitrogens is 4. The van der Waals surface area contributed by atoms with Gasteiger partial charge >= 0.3 is 0 Å². The maximum atomic E-state index is 12.4. The number of carbonyl (C=O) groups excluding carboxylic acids is 1. The smallest absolute Gasteiger partial charge is 0.244 e. The van der Waals surface area contributed by atoms with E-state index in [2.05, 4.69) is 22.4 Å². The van der Waals surface area contributed by atoms with Crippen molar-refractivity contribution in [2.24, 2.45) is 0 Å². The van der Waals surface area contributed by atoms with E-state index in [9.17, 15) is 4.79 Å². The second kappa shape index (κ2) is 7.25. The number of carbonyl (C=O) groups is 1. The standard InChI is InChI=1S/C17H21N5O2/c1-3-4-8-16-14(13-7-5-6-9-15(13)24-16)10-21(2)17(23)11-22-12-18-19-20-22/h5-7,9,12H,3-4,8,10-11H2,1-2H3. The molecular formula is C17H21N5O2. The van der Waals surface area contributed by atoms with Crippen LogP contribution in [-0.4, -0.2) is 38.1 Å². The summed E-state index contributed by atoms with van der Waals surface area (Å²) in [5, 5.41) is 11.9. The molecule has 1 amide bonds. The summed E-state index contributed by atoms with van der Waals surface area (Å²) < 4.78 is 7.43. The van der Waals surface area contributed by atoms with Crippen LogP contribution in [-0.2, 0) is 24.3 Å². The molecule has 126 valence electrons. The molecule has 0 fully saturated rings. The van der Waals surface area contributed by atoms with Crippen molar-refractivity contribution in [3.05, 3.63) is 41.9 Å². The fourth-order valence-electron chi connectivity index (χ4n) is 2.70. The summed E-state index contributed by atoms with van der Waals surface area (Å²) in [6.07, 6.45) is 4.49. The Morgan fingerprint density at radius 3 is 2.92 bits per heavy atom. The topological polar surface area (TPSA) is 77.0 Å². The Balaban J connectivity index is 1.80. The lowest BCUT2D eigenvalue weighted by molar-refractivity contribution is -0.131. The molecule has 24 heavy (non-hydrogen) atoms. The zero-order valence-electron chi connectivity index (χ0n) is 14.0. The van der Waals surface area contributed by atoms with Gasteiger partial charge in [-0.05, 0) is 22.9 Å². The van der Waals surface area contributed by atoms with Crippen molar-refractivity contribution >= 4 is 16.9 Å². The predicted molar refractivity (Wildman–Crippen MR) is 89.1 cm³/mol. The molecule has 0 spiro atoms. The van der Waals surface area contributed by atoms with E-state index in [1.807, 2.05) is 24.3 Å². The van der Waals surface area contributed by atoms with Crippen LogP contribution in [0.3, 0.4) is 0 Å². The van der Waals surface area contributed by atoms with Crippen molar-refractivity contribution in [3.63, 3.8) is 0 Å². The highest BCUT2D eigenvalue weighted by atomic mass is 16.3. The molecule has 0 saturated heterocycles. The fourth-order valence-corrected chi connectivity index (χ4v) is 2.70. The number of benzene rings is 1. The number of furan rings is 1. The predicted octanol–water partition coefficient (Wildman–Crippen LogP) is 2.42. The molecule has 2 heterocycles. The molecule has 0 atom stereocenters. The van der Waals surface area contributed by atoms with Crippen molar-refractivity contribution in [2.75, 3.05) is 7.05 Å². The average molecular weight is 327 g/mol. The Morgan fingerprint density at radius 1 is 1.33 bits per heavy atom. The third kappa shape index (κ3) is 3.45. The van der Waals surface area contributed by atoms with Crippen molar-refractivity contribution in [2.45, 2.75) is 39.3 Å². The SMILES string of the molecule is CCCCc1oc2ccccc2c1CN(C)C(=O)Cn1cnnn1. The number of tetrazole rings is 1. The van der Waals surface area contributed by atoms with E-state index in [0.717, 1.165) is 41.6 Å². The molecule has 0 radical (unpaired) electrons. The highest BCUT2D eigenvalue weighted by Gasteiger charge is 2.18. The molecule has 0 saturated carbocycles. The highest BCUT2D eigenvalue weighted by Crippen LogP contribution is 2.28. The average Bonchev–Trinajstić information content (AvgIpc) is 3.21. The van der Waals surface area contributed by atoms with Crippen LogP contribution in [0.4, 0.5) is 0 Å². The quantitative estimate of drug-likeness (QED) is 0.666. The van der Waals surface area contributed by atoms with Gasteiger partial charge in [0.05, 0.1) is 0 Å². The summed E-state index contributed by atoms with van der Waals surface area (Å²) in [6, 6.07) is 7.97. The van der Waals surface area contributed by atoms with E-state index in [-0.39, 0.29) is 12.5 Å². The first-order valence-electron chi connectivity index (χ1n) is 8.13. The summed E-state index contributed by atoms with van der Waals surface area (Å²) >= 11 is 0. The third-order valence-electron chi connectivity index (χ3n) is 4.05. The van der Waals surface area contributed by atoms with E-state index in [1.165, 1.54) is 11.0 Å². The van der Waals surface area contributed by atoms with Gasteiger partial charge in [-0.2, -0.15) is 0 Å². The largest absolute Gasteiger partial charge is 0.461 e. The molecule has 7 nitrogen and oxygen atoms in total. The summed E-state index contributed by atoms with van der Waals surface area (Å²) in [5.74, 6) is 0.925. The minimum atomic E-state index is -0.0472. The van der Waals surface area contributed by atoms with Crippen molar-refractivity contribution in [3.8, 4) is 0 Å². The van der Waals surface area contributed by atoms with Gasteiger partial charge in [-0.15, -0.1) is 5.10 Å². The van der Waals surface area contributed by atoms with Gasteiger partial charge in [0.15, 0.2) is 0 Å². The van der Waals surface area contributed by atoms with Gasteiger partial charge in [-0.25, -0.2) is 4.68 Å². The summed E-state index contributed by atoms with van der Waals surface area (Å²) in [5.41, 5.74) is 1.96. The Morgan fingerprint density at radius 2 is 2.17 bits per heavy atom. The molecule has 2 aromatic heterocycles. The van der Waals surface area contributed by atoms with Crippen molar-refractivity contribution in [1.29, 1.82) is 0 Å². The number of hydrogen-bond donors (Lipinski definition) is 0. The summed E-state index contributed by atoms with van der Waals surface area (Å²) in [7, 11) is 1.79. The number of fused-ring (bicyclic) bond motifs is 1. The van der Waals surface area contributed by atoms with Crippen LogP contribution < -0.4 is 0 Å². The van der Waals surface area contributed by atoms with Crippen LogP contribution in [0.2, 0.25) is 0 Å². The van der Waals surface area contributed by atoms with E-state index in [1.54, 1.807) is 11.9 Å². The Kier molecular flexibility index (Phi) is 4.88. The van der Waals surface area contributed by atoms with Gasteiger partial charge in [0.25, 0.3) is 0 Å². The lowest BCUT2D eigenvalue weighted by Gasteiger charge is -2.17. The van der Waals surface area contributed by atoms with E-state index >= 15 is 0 Å². The third-order valence-corrected chi connectivity index (χ3v) is 4.05. The Labute approximate surface area is 140 Å². The second-order valence-corrected chi connectivity index (χ2v) is 5.86. The number of rotatable bonds is 7. The molecule has 0 unspecified atom stereocenters.